The summed E-state index contributed by atoms with van der Waals surface area (Å²) in [6.45, 7) is 1.32. The predicted octanol–water partition coefficient (Wildman–Crippen LogP) is 3.34. The molecule has 0 aliphatic rings. The van der Waals surface area contributed by atoms with E-state index < -0.39 is 18.9 Å². The molecule has 19 heavy (non-hydrogen) atoms. The average Bonchev–Trinajstić information content (AvgIpc) is 2.27. The average molecular weight is 306 g/mol. The Labute approximate surface area is 117 Å². The third-order valence-corrected chi connectivity index (χ3v) is 3.66. The number of hydrogen-bond donors (Lipinski definition) is 1. The minimum absolute atomic E-state index is 0.249. The molecule has 106 valence electrons. The number of nitrogens with one attached hydrogen (secondary N) is 1. The zero-order chi connectivity index (χ0) is 14.5. The van der Waals surface area contributed by atoms with E-state index in [4.69, 9.17) is 20.5 Å². The third kappa shape index (κ3) is 6.10. The van der Waals surface area contributed by atoms with Crippen LogP contribution in [-0.4, -0.2) is 18.1 Å². The molecule has 0 saturated heterocycles. The number of carbonyl (C=O) groups excluding carboxylic acids is 1. The van der Waals surface area contributed by atoms with Gasteiger partial charge in [-0.05, 0) is 32.9 Å². The van der Waals surface area contributed by atoms with Gasteiger partial charge in [0.1, 0.15) is 11.8 Å². The van der Waals surface area contributed by atoms with Crippen molar-refractivity contribution in [3.63, 3.8) is 0 Å². The number of esters is 1. The minimum Gasteiger partial charge on any atom is -0.462 e. The van der Waals surface area contributed by atoms with Gasteiger partial charge in [-0.25, -0.2) is 9.65 Å². The maximum atomic E-state index is 12.0. The maximum Gasteiger partial charge on any atom is 0.409 e. The fraction of sp³-hybridized carbons (Fsp3) is 0.417. The fourth-order valence-corrected chi connectivity index (χ4v) is 2.95. The molecule has 0 aromatic heterocycles. The topological polar surface area (TPSA) is 64.6 Å². The number of benzene rings is 1. The van der Waals surface area contributed by atoms with Gasteiger partial charge in [-0.2, -0.15) is 0 Å². The Morgan fingerprint density at radius 1 is 1.26 bits per heavy atom. The number of carbonyl (C=O) groups is 1. The van der Waals surface area contributed by atoms with Crippen LogP contribution in [0.1, 0.15) is 20.8 Å². The first-order valence-corrected chi connectivity index (χ1v) is 8.36. The van der Waals surface area contributed by atoms with E-state index in [0.29, 0.717) is 5.75 Å². The highest BCUT2D eigenvalue weighted by Crippen LogP contribution is 2.48. The Hall–Kier alpha value is -1.03. The molecule has 0 aliphatic heterocycles. The Bertz CT molecular complexity index is 466. The fourth-order valence-electron chi connectivity index (χ4n) is 1.26. The Morgan fingerprint density at radius 3 is 2.37 bits per heavy atom. The summed E-state index contributed by atoms with van der Waals surface area (Å²) < 4.78 is 22.1. The van der Waals surface area contributed by atoms with E-state index in [2.05, 4.69) is 5.09 Å². The highest BCUT2D eigenvalue weighted by atomic mass is 35.7. The highest BCUT2D eigenvalue weighted by Gasteiger charge is 2.28. The maximum absolute atomic E-state index is 12.0. The minimum atomic E-state index is -3.65. The van der Waals surface area contributed by atoms with E-state index >= 15 is 0 Å². The summed E-state index contributed by atoms with van der Waals surface area (Å²) in [5.41, 5.74) is 0. The quantitative estimate of drug-likeness (QED) is 0.645. The number of ether oxygens (including phenoxy) is 1. The van der Waals surface area contributed by atoms with Crippen molar-refractivity contribution in [3.8, 4) is 5.75 Å². The summed E-state index contributed by atoms with van der Waals surface area (Å²) in [6, 6.07) is 7.66. The number of halogens is 1. The summed E-state index contributed by atoms with van der Waals surface area (Å²) in [5.74, 6) is -0.176. The van der Waals surface area contributed by atoms with Gasteiger partial charge >= 0.3 is 12.8 Å². The molecule has 0 saturated carbocycles. The molecule has 1 rings (SSSR count). The zero-order valence-corrected chi connectivity index (χ0v) is 12.6. The lowest BCUT2D eigenvalue weighted by molar-refractivity contribution is -0.148. The Kier molecular flexibility index (Phi) is 5.85. The number of para-hydroxylation sites is 1. The lowest BCUT2D eigenvalue weighted by Gasteiger charge is -2.19. The van der Waals surface area contributed by atoms with Gasteiger partial charge < -0.3 is 9.26 Å². The van der Waals surface area contributed by atoms with Crippen LogP contribution in [-0.2, 0) is 14.1 Å². The van der Waals surface area contributed by atoms with Gasteiger partial charge in [-0.15, -0.1) is 0 Å². The molecule has 1 aromatic carbocycles. The van der Waals surface area contributed by atoms with Gasteiger partial charge in [0, 0.05) is 11.2 Å². The Balaban J connectivity index is 2.59. The van der Waals surface area contributed by atoms with Crippen LogP contribution in [0.15, 0.2) is 30.3 Å². The van der Waals surface area contributed by atoms with Crippen LogP contribution in [0.4, 0.5) is 0 Å². The van der Waals surface area contributed by atoms with E-state index in [1.54, 1.807) is 44.2 Å². The van der Waals surface area contributed by atoms with E-state index in [-0.39, 0.29) is 6.10 Å². The lowest BCUT2D eigenvalue weighted by Crippen LogP contribution is -2.34. The molecule has 1 N–H and O–H groups in total. The second-order valence-electron chi connectivity index (χ2n) is 4.22. The second kappa shape index (κ2) is 6.94. The monoisotopic (exact) mass is 305 g/mol. The standard InChI is InChI=1S/C12H17ClNO4P/c1-9(2)17-12(15)10(3)14-19(13,16)18-11-7-5-4-6-8-11/h4-10H,1-3H3,(H,14,16)/t10-,19-/m1/s1. The van der Waals surface area contributed by atoms with Crippen molar-refractivity contribution in [1.82, 2.24) is 5.09 Å². The van der Waals surface area contributed by atoms with Crippen LogP contribution in [0.25, 0.3) is 0 Å². The van der Waals surface area contributed by atoms with Gasteiger partial charge in [0.15, 0.2) is 0 Å². The molecule has 0 aliphatic carbocycles. The summed E-state index contributed by atoms with van der Waals surface area (Å²) in [7, 11) is 0. The van der Waals surface area contributed by atoms with Crippen molar-refractivity contribution in [1.29, 1.82) is 0 Å². The van der Waals surface area contributed by atoms with Gasteiger partial charge in [0.2, 0.25) is 0 Å². The van der Waals surface area contributed by atoms with Gasteiger partial charge in [-0.3, -0.25) is 4.79 Å². The SMILES string of the molecule is CC(C)OC(=O)[C@@H](C)N[P@@](=O)(Cl)Oc1ccccc1. The normalized spacial score (nSPS) is 15.6. The van der Waals surface area contributed by atoms with Crippen LogP contribution in [0.5, 0.6) is 5.75 Å². The van der Waals surface area contributed by atoms with E-state index in [9.17, 15) is 9.36 Å². The predicted molar refractivity (Wildman–Crippen MR) is 74.4 cm³/mol. The largest absolute Gasteiger partial charge is 0.462 e. The van der Waals surface area contributed by atoms with Crippen molar-refractivity contribution in [3.05, 3.63) is 30.3 Å². The van der Waals surface area contributed by atoms with Crippen molar-refractivity contribution >= 4 is 24.1 Å². The first-order valence-electron chi connectivity index (χ1n) is 5.83. The van der Waals surface area contributed by atoms with Crippen LogP contribution < -0.4 is 9.61 Å². The Morgan fingerprint density at radius 2 is 1.84 bits per heavy atom. The van der Waals surface area contributed by atoms with Crippen molar-refractivity contribution in [2.45, 2.75) is 32.9 Å². The molecule has 0 heterocycles. The highest BCUT2D eigenvalue weighted by molar-refractivity contribution is 7.84. The molecular formula is C12H17ClNO4P. The van der Waals surface area contributed by atoms with Gasteiger partial charge in [-0.1, -0.05) is 18.2 Å². The first-order chi connectivity index (χ1) is 8.80. The third-order valence-electron chi connectivity index (χ3n) is 2.02. The smallest absolute Gasteiger partial charge is 0.409 e. The van der Waals surface area contributed by atoms with E-state index in [0.717, 1.165) is 0 Å². The summed E-state index contributed by atoms with van der Waals surface area (Å²) in [6.07, 6.45) is -0.249. The summed E-state index contributed by atoms with van der Waals surface area (Å²) >= 11 is 5.76. The molecule has 0 bridgehead atoms. The number of rotatable bonds is 6. The van der Waals surface area contributed by atoms with Crippen LogP contribution in [0, 0.1) is 0 Å². The molecule has 5 nitrogen and oxygen atoms in total. The molecule has 0 spiro atoms. The van der Waals surface area contributed by atoms with Crippen molar-refractivity contribution in [2.24, 2.45) is 0 Å². The molecule has 7 heteroatoms. The first kappa shape index (κ1) is 16.0. The van der Waals surface area contributed by atoms with Crippen molar-refractivity contribution in [2.75, 3.05) is 0 Å². The molecule has 0 fully saturated rings. The van der Waals surface area contributed by atoms with Crippen LogP contribution in [0.3, 0.4) is 0 Å². The van der Waals surface area contributed by atoms with Gasteiger partial charge in [0.05, 0.1) is 6.10 Å². The second-order valence-corrected chi connectivity index (χ2v) is 6.96. The van der Waals surface area contributed by atoms with E-state index in [1.807, 2.05) is 0 Å². The molecule has 0 amide bonds. The number of hydrogen-bond acceptors (Lipinski definition) is 4. The lowest BCUT2D eigenvalue weighted by atomic mass is 10.3. The van der Waals surface area contributed by atoms with Crippen LogP contribution in [0.2, 0.25) is 0 Å². The molecule has 0 radical (unpaired) electrons. The van der Waals surface area contributed by atoms with E-state index in [1.165, 1.54) is 6.92 Å². The van der Waals surface area contributed by atoms with Gasteiger partial charge in [0.25, 0.3) is 0 Å². The summed E-state index contributed by atoms with van der Waals surface area (Å²) in [4.78, 5) is 11.6. The molecule has 2 atom stereocenters. The zero-order valence-electron chi connectivity index (χ0n) is 11.0. The van der Waals surface area contributed by atoms with Crippen LogP contribution >= 0.6 is 18.1 Å². The molecule has 1 aromatic rings. The van der Waals surface area contributed by atoms with Crippen molar-refractivity contribution < 1.29 is 18.6 Å². The summed E-state index contributed by atoms with van der Waals surface area (Å²) in [5, 5.41) is 2.43. The molecule has 0 unspecified atom stereocenters. The molecular weight excluding hydrogens is 289 g/mol.